The van der Waals surface area contributed by atoms with Crippen LogP contribution in [0.2, 0.25) is 0 Å². The lowest BCUT2D eigenvalue weighted by Gasteiger charge is -2.15. The van der Waals surface area contributed by atoms with E-state index in [9.17, 15) is 9.59 Å². The number of carbonyl (C=O) groups excluding carboxylic acids is 2. The molecular formula is C20H18N2O3. The van der Waals surface area contributed by atoms with Gasteiger partial charge in [-0.2, -0.15) is 0 Å². The number of anilines is 1. The monoisotopic (exact) mass is 334 g/mol. The first-order chi connectivity index (χ1) is 12.1. The predicted octanol–water partition coefficient (Wildman–Crippen LogP) is 3.87. The fourth-order valence-electron chi connectivity index (χ4n) is 2.43. The van der Waals surface area contributed by atoms with E-state index in [1.54, 1.807) is 25.3 Å². The van der Waals surface area contributed by atoms with Crippen LogP contribution in [0.15, 0.2) is 72.9 Å². The summed E-state index contributed by atoms with van der Waals surface area (Å²) in [6, 6.07) is 20.6. The smallest absolute Gasteiger partial charge is 0.355 e. The van der Waals surface area contributed by atoms with E-state index in [1.165, 1.54) is 0 Å². The number of aromatic amines is 1. The lowest BCUT2D eigenvalue weighted by atomic mass is 10.0. The molecule has 0 unspecified atom stereocenters. The minimum atomic E-state index is -0.917. The molecule has 0 aliphatic heterocycles. The molecule has 0 bridgehead atoms. The van der Waals surface area contributed by atoms with Gasteiger partial charge in [0.05, 0.1) is 0 Å². The molecule has 0 fully saturated rings. The minimum Gasteiger partial charge on any atom is -0.448 e. The summed E-state index contributed by atoms with van der Waals surface area (Å²) in [5, 5.41) is 2.83. The summed E-state index contributed by atoms with van der Waals surface area (Å²) < 4.78 is 5.19. The van der Waals surface area contributed by atoms with Crippen LogP contribution in [0.3, 0.4) is 0 Å². The Morgan fingerprint density at radius 2 is 1.68 bits per heavy atom. The Kier molecular flexibility index (Phi) is 4.95. The Bertz CT molecular complexity index is 858. The molecule has 2 aromatic carbocycles. The lowest BCUT2D eigenvalue weighted by Crippen LogP contribution is -2.30. The van der Waals surface area contributed by atoms with Crippen molar-refractivity contribution >= 4 is 17.6 Å². The van der Waals surface area contributed by atoms with Crippen molar-refractivity contribution in [3.63, 3.8) is 0 Å². The summed E-state index contributed by atoms with van der Waals surface area (Å²) in [4.78, 5) is 27.1. The van der Waals surface area contributed by atoms with Crippen LogP contribution < -0.4 is 5.32 Å². The quantitative estimate of drug-likeness (QED) is 0.696. The average Bonchev–Trinajstić information content (AvgIpc) is 3.17. The zero-order chi connectivity index (χ0) is 17.6. The van der Waals surface area contributed by atoms with Crippen molar-refractivity contribution in [1.29, 1.82) is 0 Å². The van der Waals surface area contributed by atoms with Gasteiger partial charge in [0, 0.05) is 17.4 Å². The number of hydrogen-bond acceptors (Lipinski definition) is 3. The highest BCUT2D eigenvalue weighted by molar-refractivity contribution is 5.99. The topological polar surface area (TPSA) is 71.2 Å². The second-order valence-corrected chi connectivity index (χ2v) is 5.53. The number of para-hydroxylation sites is 1. The van der Waals surface area contributed by atoms with Crippen molar-refractivity contribution in [3.8, 4) is 11.1 Å². The Hall–Kier alpha value is -3.34. The zero-order valence-corrected chi connectivity index (χ0v) is 13.7. The molecule has 1 atom stereocenters. The Morgan fingerprint density at radius 3 is 2.40 bits per heavy atom. The number of benzene rings is 2. The number of esters is 1. The maximum Gasteiger partial charge on any atom is 0.355 e. The highest BCUT2D eigenvalue weighted by atomic mass is 16.5. The second kappa shape index (κ2) is 7.49. The van der Waals surface area contributed by atoms with Crippen molar-refractivity contribution < 1.29 is 14.3 Å². The van der Waals surface area contributed by atoms with Gasteiger partial charge in [-0.3, -0.25) is 4.79 Å². The largest absolute Gasteiger partial charge is 0.448 e. The molecule has 1 amide bonds. The molecule has 126 valence electrons. The highest BCUT2D eigenvalue weighted by Gasteiger charge is 2.20. The number of amides is 1. The predicted molar refractivity (Wildman–Crippen MR) is 96.2 cm³/mol. The fraction of sp³-hybridized carbons (Fsp3) is 0.100. The van der Waals surface area contributed by atoms with Gasteiger partial charge in [-0.15, -0.1) is 0 Å². The molecule has 25 heavy (non-hydrogen) atoms. The number of ether oxygens (including phenoxy) is 1. The minimum absolute atomic E-state index is 0.310. The van der Waals surface area contributed by atoms with Gasteiger partial charge in [0.2, 0.25) is 0 Å². The van der Waals surface area contributed by atoms with Crippen LogP contribution in [0, 0.1) is 0 Å². The van der Waals surface area contributed by atoms with Gasteiger partial charge in [-0.25, -0.2) is 4.79 Å². The molecule has 0 radical (unpaired) electrons. The molecular weight excluding hydrogens is 316 g/mol. The zero-order valence-electron chi connectivity index (χ0n) is 13.7. The van der Waals surface area contributed by atoms with E-state index in [4.69, 9.17) is 4.74 Å². The van der Waals surface area contributed by atoms with Gasteiger partial charge in [-0.05, 0) is 30.7 Å². The molecule has 3 rings (SSSR count). The third-order valence-electron chi connectivity index (χ3n) is 3.74. The van der Waals surface area contributed by atoms with Crippen molar-refractivity contribution in [1.82, 2.24) is 4.98 Å². The molecule has 3 aromatic rings. The molecule has 1 aromatic heterocycles. The standard InChI is InChI=1S/C20H18N2O3/c1-14(25-20(24)18-12-7-13-21-18)19(23)22-17-11-6-5-10-16(17)15-8-3-2-4-9-15/h2-14,21H,1H3,(H,22,23)/t14-/m0/s1. The van der Waals surface area contributed by atoms with Crippen molar-refractivity contribution in [3.05, 3.63) is 78.6 Å². The number of H-pyrrole nitrogens is 1. The Balaban J connectivity index is 1.72. The molecule has 1 heterocycles. The number of aromatic nitrogens is 1. The first kappa shape index (κ1) is 16.5. The van der Waals surface area contributed by atoms with Crippen LogP contribution in [-0.2, 0) is 9.53 Å². The molecule has 0 saturated heterocycles. The molecule has 0 aliphatic rings. The second-order valence-electron chi connectivity index (χ2n) is 5.53. The van der Waals surface area contributed by atoms with Crippen LogP contribution in [0.5, 0.6) is 0 Å². The van der Waals surface area contributed by atoms with Gasteiger partial charge in [0.15, 0.2) is 6.10 Å². The summed E-state index contributed by atoms with van der Waals surface area (Å²) >= 11 is 0. The average molecular weight is 334 g/mol. The summed E-state index contributed by atoms with van der Waals surface area (Å²) in [5.74, 6) is -0.952. The van der Waals surface area contributed by atoms with Gasteiger partial charge in [-0.1, -0.05) is 48.5 Å². The summed E-state index contributed by atoms with van der Waals surface area (Å²) in [6.07, 6.45) is 0.705. The fourth-order valence-corrected chi connectivity index (χ4v) is 2.43. The van der Waals surface area contributed by atoms with Crippen molar-refractivity contribution in [2.75, 3.05) is 5.32 Å². The van der Waals surface area contributed by atoms with Crippen molar-refractivity contribution in [2.24, 2.45) is 0 Å². The van der Waals surface area contributed by atoms with Crippen LogP contribution >= 0.6 is 0 Å². The number of rotatable bonds is 5. The molecule has 0 aliphatic carbocycles. The molecule has 2 N–H and O–H groups in total. The van der Waals surface area contributed by atoms with E-state index in [0.717, 1.165) is 11.1 Å². The van der Waals surface area contributed by atoms with Crippen LogP contribution in [0.25, 0.3) is 11.1 Å². The first-order valence-corrected chi connectivity index (χ1v) is 7.95. The molecule has 0 saturated carbocycles. The third-order valence-corrected chi connectivity index (χ3v) is 3.74. The van der Waals surface area contributed by atoms with E-state index >= 15 is 0 Å². The van der Waals surface area contributed by atoms with E-state index in [2.05, 4.69) is 10.3 Å². The van der Waals surface area contributed by atoms with Gasteiger partial charge in [0.1, 0.15) is 5.69 Å². The van der Waals surface area contributed by atoms with Gasteiger partial charge >= 0.3 is 5.97 Å². The van der Waals surface area contributed by atoms with E-state index in [-0.39, 0.29) is 5.91 Å². The number of carbonyl (C=O) groups is 2. The summed E-state index contributed by atoms with van der Waals surface area (Å²) in [6.45, 7) is 1.54. The number of hydrogen-bond donors (Lipinski definition) is 2. The van der Waals surface area contributed by atoms with E-state index in [0.29, 0.717) is 11.4 Å². The first-order valence-electron chi connectivity index (χ1n) is 7.95. The maximum atomic E-state index is 12.4. The normalized spacial score (nSPS) is 11.6. The van der Waals surface area contributed by atoms with Gasteiger partial charge in [0.25, 0.3) is 5.91 Å². The molecule has 5 heteroatoms. The van der Waals surface area contributed by atoms with E-state index < -0.39 is 12.1 Å². The summed E-state index contributed by atoms with van der Waals surface area (Å²) in [5.41, 5.74) is 2.87. The Labute approximate surface area is 145 Å². The van der Waals surface area contributed by atoms with Crippen LogP contribution in [0.4, 0.5) is 5.69 Å². The lowest BCUT2D eigenvalue weighted by molar-refractivity contribution is -0.123. The van der Waals surface area contributed by atoms with Gasteiger partial charge < -0.3 is 15.0 Å². The van der Waals surface area contributed by atoms with Crippen molar-refractivity contribution in [2.45, 2.75) is 13.0 Å². The van der Waals surface area contributed by atoms with Crippen LogP contribution in [0.1, 0.15) is 17.4 Å². The summed E-state index contributed by atoms with van der Waals surface area (Å²) in [7, 11) is 0. The maximum absolute atomic E-state index is 12.4. The van der Waals surface area contributed by atoms with Crippen LogP contribution in [-0.4, -0.2) is 23.0 Å². The number of nitrogens with one attached hydrogen (secondary N) is 2. The molecule has 5 nitrogen and oxygen atoms in total. The third kappa shape index (κ3) is 3.95. The highest BCUT2D eigenvalue weighted by Crippen LogP contribution is 2.27. The molecule has 0 spiro atoms. The Morgan fingerprint density at radius 1 is 0.960 bits per heavy atom. The van der Waals surface area contributed by atoms with E-state index in [1.807, 2.05) is 54.6 Å². The SMILES string of the molecule is C[C@H](OC(=O)c1ccc[nH]1)C(=O)Nc1ccccc1-c1ccccc1.